The van der Waals surface area contributed by atoms with Crippen LogP contribution in [-0.4, -0.2) is 65.3 Å². The minimum atomic E-state index is -0.790. The summed E-state index contributed by atoms with van der Waals surface area (Å²) in [5.41, 5.74) is -0.0253. The van der Waals surface area contributed by atoms with Gasteiger partial charge < -0.3 is 10.2 Å². The molecule has 2 fully saturated rings. The second kappa shape index (κ2) is 11.9. The highest BCUT2D eigenvalue weighted by Gasteiger charge is 2.21. The predicted molar refractivity (Wildman–Crippen MR) is 120 cm³/mol. The smallest absolute Gasteiger partial charge is 0.238 e. The molecule has 0 spiro atoms. The predicted octanol–water partition coefficient (Wildman–Crippen LogP) is 4.15. The molecule has 2 saturated heterocycles. The number of amides is 2. The third-order valence-corrected chi connectivity index (χ3v) is 8.41. The zero-order valence-electron chi connectivity index (χ0n) is 17.1. The van der Waals surface area contributed by atoms with Crippen molar-refractivity contribution in [1.82, 2.24) is 9.80 Å². The van der Waals surface area contributed by atoms with Crippen LogP contribution in [-0.2, 0) is 9.59 Å². The van der Waals surface area contributed by atoms with Crippen LogP contribution in [0.5, 0.6) is 0 Å². The summed E-state index contributed by atoms with van der Waals surface area (Å²) >= 11 is 0. The highest BCUT2D eigenvalue weighted by molar-refractivity contribution is 8.77. The standard InChI is InChI=1S/C21H29F2N3O2S2/c22-16-6-7-19(18(23)14-16)24-20(27)15-25-9-3-10-26(12-11-25)21(28)5-2-1-4-17-8-13-29-30-17/h6-7,14,17H,1-5,8-13,15H2,(H,24,27). The van der Waals surface area contributed by atoms with Gasteiger partial charge in [-0.05, 0) is 37.8 Å². The summed E-state index contributed by atoms with van der Waals surface area (Å²) in [4.78, 5) is 28.6. The minimum absolute atomic E-state index is 0.0253. The fraction of sp³-hybridized carbons (Fsp3) is 0.619. The Labute approximate surface area is 184 Å². The largest absolute Gasteiger partial charge is 0.341 e. The van der Waals surface area contributed by atoms with E-state index in [-0.39, 0.29) is 24.0 Å². The fourth-order valence-electron chi connectivity index (χ4n) is 3.73. The van der Waals surface area contributed by atoms with Crippen LogP contribution in [0, 0.1) is 11.6 Å². The van der Waals surface area contributed by atoms with Crippen molar-refractivity contribution in [3.05, 3.63) is 29.8 Å². The summed E-state index contributed by atoms with van der Waals surface area (Å²) in [6.45, 7) is 2.75. The van der Waals surface area contributed by atoms with Crippen molar-refractivity contribution >= 4 is 39.1 Å². The van der Waals surface area contributed by atoms with Gasteiger partial charge in [0.1, 0.15) is 11.6 Å². The zero-order chi connectivity index (χ0) is 21.3. The molecule has 0 bridgehead atoms. The molecular weight excluding hydrogens is 428 g/mol. The van der Waals surface area contributed by atoms with Crippen LogP contribution in [0.3, 0.4) is 0 Å². The lowest BCUT2D eigenvalue weighted by Crippen LogP contribution is -2.38. The summed E-state index contributed by atoms with van der Waals surface area (Å²) < 4.78 is 26.7. The van der Waals surface area contributed by atoms with Gasteiger partial charge >= 0.3 is 0 Å². The number of unbranched alkanes of at least 4 members (excludes halogenated alkanes) is 1. The first-order chi connectivity index (χ1) is 14.5. The molecule has 9 heteroatoms. The lowest BCUT2D eigenvalue weighted by Gasteiger charge is -2.22. The van der Waals surface area contributed by atoms with Crippen LogP contribution < -0.4 is 5.32 Å². The molecule has 0 saturated carbocycles. The number of halogens is 2. The molecule has 1 N–H and O–H groups in total. The molecule has 1 aromatic carbocycles. The number of carbonyl (C=O) groups excluding carboxylic acids is 2. The SMILES string of the molecule is O=C(CN1CCCN(C(=O)CCCCC2CCSS2)CC1)Nc1ccc(F)cc1F. The second-order valence-corrected chi connectivity index (χ2v) is 10.5. The zero-order valence-corrected chi connectivity index (χ0v) is 18.7. The van der Waals surface area contributed by atoms with Gasteiger partial charge in [-0.2, -0.15) is 0 Å². The molecule has 1 unspecified atom stereocenters. The Balaban J connectivity index is 1.36. The molecule has 2 aliphatic rings. The Hall–Kier alpha value is -1.32. The maximum atomic E-state index is 13.7. The molecule has 0 aliphatic carbocycles. The fourth-order valence-corrected chi connectivity index (χ4v) is 6.76. The Morgan fingerprint density at radius 2 is 2.00 bits per heavy atom. The number of benzene rings is 1. The summed E-state index contributed by atoms with van der Waals surface area (Å²) in [5.74, 6) is -0.373. The Bertz CT molecular complexity index is 732. The van der Waals surface area contributed by atoms with E-state index in [4.69, 9.17) is 0 Å². The highest BCUT2D eigenvalue weighted by Crippen LogP contribution is 2.39. The van der Waals surface area contributed by atoms with Crippen molar-refractivity contribution in [1.29, 1.82) is 0 Å². The van der Waals surface area contributed by atoms with Crippen molar-refractivity contribution in [2.24, 2.45) is 0 Å². The van der Waals surface area contributed by atoms with Gasteiger partial charge in [-0.3, -0.25) is 14.5 Å². The van der Waals surface area contributed by atoms with E-state index in [0.29, 0.717) is 32.6 Å². The van der Waals surface area contributed by atoms with E-state index < -0.39 is 11.6 Å². The van der Waals surface area contributed by atoms with Crippen molar-refractivity contribution in [2.75, 3.05) is 43.8 Å². The average Bonchev–Trinajstić information content (AvgIpc) is 3.12. The first kappa shape index (κ1) is 23.3. The number of nitrogens with one attached hydrogen (secondary N) is 1. The third kappa shape index (κ3) is 7.42. The molecule has 2 heterocycles. The number of carbonyl (C=O) groups is 2. The summed E-state index contributed by atoms with van der Waals surface area (Å²) in [5, 5.41) is 3.25. The van der Waals surface area contributed by atoms with Crippen molar-refractivity contribution in [2.45, 2.75) is 43.8 Å². The quantitative estimate of drug-likeness (QED) is 0.470. The molecule has 1 aromatic rings. The van der Waals surface area contributed by atoms with Gasteiger partial charge in [0, 0.05) is 49.7 Å². The van der Waals surface area contributed by atoms with Crippen LogP contribution in [0.15, 0.2) is 18.2 Å². The van der Waals surface area contributed by atoms with Gasteiger partial charge in [-0.15, -0.1) is 0 Å². The Kier molecular flexibility index (Phi) is 9.27. The normalized spacial score (nSPS) is 20.2. The van der Waals surface area contributed by atoms with Crippen molar-refractivity contribution < 1.29 is 18.4 Å². The minimum Gasteiger partial charge on any atom is -0.341 e. The van der Waals surface area contributed by atoms with E-state index in [2.05, 4.69) is 5.32 Å². The van der Waals surface area contributed by atoms with E-state index in [1.54, 1.807) is 0 Å². The van der Waals surface area contributed by atoms with Gasteiger partial charge in [0.05, 0.1) is 12.2 Å². The molecule has 30 heavy (non-hydrogen) atoms. The van der Waals surface area contributed by atoms with Gasteiger partial charge in [0.25, 0.3) is 0 Å². The van der Waals surface area contributed by atoms with Crippen molar-refractivity contribution in [3.8, 4) is 0 Å². The molecule has 0 radical (unpaired) electrons. The number of nitrogens with zero attached hydrogens (tertiary/aromatic N) is 2. The van der Waals surface area contributed by atoms with Crippen molar-refractivity contribution in [3.63, 3.8) is 0 Å². The molecule has 5 nitrogen and oxygen atoms in total. The first-order valence-electron chi connectivity index (χ1n) is 10.5. The van der Waals surface area contributed by atoms with Gasteiger partial charge in [0.15, 0.2) is 0 Å². The number of rotatable bonds is 8. The van der Waals surface area contributed by atoms with Crippen LogP contribution >= 0.6 is 21.6 Å². The average molecular weight is 458 g/mol. The molecule has 2 aliphatic heterocycles. The highest BCUT2D eigenvalue weighted by atomic mass is 33.1. The van der Waals surface area contributed by atoms with Crippen LogP contribution in [0.1, 0.15) is 38.5 Å². The Morgan fingerprint density at radius 3 is 2.77 bits per heavy atom. The Morgan fingerprint density at radius 1 is 1.13 bits per heavy atom. The van der Waals surface area contributed by atoms with Crippen LogP contribution in [0.25, 0.3) is 0 Å². The van der Waals surface area contributed by atoms with E-state index in [9.17, 15) is 18.4 Å². The van der Waals surface area contributed by atoms with E-state index in [0.717, 1.165) is 36.6 Å². The first-order valence-corrected chi connectivity index (χ1v) is 12.9. The topological polar surface area (TPSA) is 52.7 Å². The maximum absolute atomic E-state index is 13.7. The molecule has 166 valence electrons. The molecular formula is C21H29F2N3O2S2. The third-order valence-electron chi connectivity index (χ3n) is 5.41. The summed E-state index contributed by atoms with van der Waals surface area (Å²) in [6, 6.07) is 3.08. The van der Waals surface area contributed by atoms with Gasteiger partial charge in [-0.25, -0.2) is 8.78 Å². The summed E-state index contributed by atoms with van der Waals surface area (Å²) in [6.07, 6.45) is 5.92. The molecule has 3 rings (SSSR count). The van der Waals surface area contributed by atoms with E-state index in [1.165, 1.54) is 24.7 Å². The monoisotopic (exact) mass is 457 g/mol. The molecule has 2 amide bonds. The van der Waals surface area contributed by atoms with Crippen LogP contribution in [0.2, 0.25) is 0 Å². The maximum Gasteiger partial charge on any atom is 0.238 e. The molecule has 0 aromatic heterocycles. The lowest BCUT2D eigenvalue weighted by atomic mass is 10.1. The number of hydrogen-bond acceptors (Lipinski definition) is 5. The number of hydrogen-bond donors (Lipinski definition) is 1. The number of anilines is 1. The van der Waals surface area contributed by atoms with E-state index >= 15 is 0 Å². The van der Waals surface area contributed by atoms with Gasteiger partial charge in [0.2, 0.25) is 11.8 Å². The molecule has 1 atom stereocenters. The summed E-state index contributed by atoms with van der Waals surface area (Å²) in [7, 11) is 3.94. The van der Waals surface area contributed by atoms with E-state index in [1.807, 2.05) is 31.4 Å². The lowest BCUT2D eigenvalue weighted by molar-refractivity contribution is -0.131. The van der Waals surface area contributed by atoms with Crippen LogP contribution in [0.4, 0.5) is 14.5 Å². The van der Waals surface area contributed by atoms with Gasteiger partial charge in [-0.1, -0.05) is 28.0 Å². The second-order valence-electron chi connectivity index (χ2n) is 7.76.